The van der Waals surface area contributed by atoms with Crippen molar-refractivity contribution in [2.75, 3.05) is 11.9 Å². The van der Waals surface area contributed by atoms with Crippen LogP contribution in [0.2, 0.25) is 0 Å². The summed E-state index contributed by atoms with van der Waals surface area (Å²) in [6.45, 7) is 5.00. The van der Waals surface area contributed by atoms with Crippen LogP contribution in [0.5, 0.6) is 5.75 Å². The lowest BCUT2D eigenvalue weighted by Gasteiger charge is -2.25. The smallest absolute Gasteiger partial charge is 0.143 e. The monoisotopic (exact) mass is 241 g/mol. The molecule has 1 aliphatic rings. The summed E-state index contributed by atoms with van der Waals surface area (Å²) in [5, 5.41) is 3.33. The summed E-state index contributed by atoms with van der Waals surface area (Å²) in [5.41, 5.74) is 2.28. The second kappa shape index (κ2) is 3.22. The van der Waals surface area contributed by atoms with Crippen LogP contribution in [0.3, 0.4) is 0 Å². The van der Waals surface area contributed by atoms with Crippen LogP contribution in [0.1, 0.15) is 12.5 Å². The molecule has 1 aromatic carbocycles. The fourth-order valence-corrected chi connectivity index (χ4v) is 1.75. The summed E-state index contributed by atoms with van der Waals surface area (Å²) in [5.74, 6) is 0.958. The number of rotatable bonds is 0. The Bertz CT molecular complexity index is 338. The van der Waals surface area contributed by atoms with Crippen LogP contribution in [0.25, 0.3) is 0 Å². The summed E-state index contributed by atoms with van der Waals surface area (Å²) in [4.78, 5) is 0. The van der Waals surface area contributed by atoms with Gasteiger partial charge in [-0.1, -0.05) is 15.9 Å². The van der Waals surface area contributed by atoms with Gasteiger partial charge in [-0.25, -0.2) is 0 Å². The molecule has 0 spiro atoms. The minimum atomic E-state index is 0.257. The van der Waals surface area contributed by atoms with Gasteiger partial charge in [0.2, 0.25) is 0 Å². The summed E-state index contributed by atoms with van der Waals surface area (Å²) in [6.07, 6.45) is 0.257. The molecule has 0 amide bonds. The number of nitrogens with one attached hydrogen (secondary N) is 1. The Morgan fingerprint density at radius 2 is 2.31 bits per heavy atom. The molecule has 13 heavy (non-hydrogen) atoms. The van der Waals surface area contributed by atoms with E-state index in [9.17, 15) is 0 Å². The van der Waals surface area contributed by atoms with Crippen LogP contribution in [0.4, 0.5) is 5.69 Å². The summed E-state index contributed by atoms with van der Waals surface area (Å²) in [7, 11) is 0. The molecule has 0 saturated heterocycles. The lowest BCUT2D eigenvalue weighted by atomic mass is 10.2. The molecule has 0 aromatic heterocycles. The third-order valence-electron chi connectivity index (χ3n) is 2.17. The van der Waals surface area contributed by atoms with E-state index in [0.717, 1.165) is 22.5 Å². The first-order valence-corrected chi connectivity index (χ1v) is 5.17. The van der Waals surface area contributed by atoms with Gasteiger partial charge in [0.1, 0.15) is 11.9 Å². The molecule has 1 aliphatic heterocycles. The molecule has 0 aliphatic carbocycles. The Morgan fingerprint density at radius 3 is 3.08 bits per heavy atom. The lowest BCUT2D eigenvalue weighted by molar-refractivity contribution is 0.226. The van der Waals surface area contributed by atoms with Crippen LogP contribution >= 0.6 is 15.9 Å². The van der Waals surface area contributed by atoms with Crippen molar-refractivity contribution in [1.82, 2.24) is 0 Å². The summed E-state index contributed by atoms with van der Waals surface area (Å²) >= 11 is 3.49. The lowest BCUT2D eigenvalue weighted by Crippen LogP contribution is -2.27. The number of hydrogen-bond donors (Lipinski definition) is 1. The first-order valence-electron chi connectivity index (χ1n) is 4.37. The molecule has 1 heterocycles. The van der Waals surface area contributed by atoms with E-state index in [1.54, 1.807) is 0 Å². The summed E-state index contributed by atoms with van der Waals surface area (Å²) in [6, 6.07) is 4.12. The number of hydrogen-bond acceptors (Lipinski definition) is 2. The predicted molar refractivity (Wildman–Crippen MR) is 57.5 cm³/mol. The van der Waals surface area contributed by atoms with Crippen LogP contribution < -0.4 is 10.1 Å². The number of benzene rings is 1. The van der Waals surface area contributed by atoms with E-state index >= 15 is 0 Å². The van der Waals surface area contributed by atoms with Crippen molar-refractivity contribution in [1.29, 1.82) is 0 Å². The summed E-state index contributed by atoms with van der Waals surface area (Å²) < 4.78 is 6.81. The Kier molecular flexibility index (Phi) is 2.20. The van der Waals surface area contributed by atoms with E-state index in [1.165, 1.54) is 5.56 Å². The van der Waals surface area contributed by atoms with Crippen molar-refractivity contribution >= 4 is 21.6 Å². The topological polar surface area (TPSA) is 21.3 Å². The molecule has 3 heteroatoms. The van der Waals surface area contributed by atoms with Crippen molar-refractivity contribution in [2.24, 2.45) is 0 Å². The molecule has 0 saturated carbocycles. The second-order valence-electron chi connectivity index (χ2n) is 3.41. The third-order valence-corrected chi connectivity index (χ3v) is 3.02. The van der Waals surface area contributed by atoms with Crippen molar-refractivity contribution in [3.05, 3.63) is 22.2 Å². The number of aryl methyl sites for hydroxylation is 1. The molecule has 0 fully saturated rings. The molecule has 0 bridgehead atoms. The molecule has 2 nitrogen and oxygen atoms in total. The Hall–Kier alpha value is -0.700. The largest absolute Gasteiger partial charge is 0.487 e. The molecule has 0 radical (unpaired) electrons. The zero-order chi connectivity index (χ0) is 9.42. The maximum absolute atomic E-state index is 5.68. The van der Waals surface area contributed by atoms with Gasteiger partial charge < -0.3 is 10.1 Å². The van der Waals surface area contributed by atoms with E-state index in [2.05, 4.69) is 47.2 Å². The van der Waals surface area contributed by atoms with E-state index < -0.39 is 0 Å². The molecular weight excluding hydrogens is 230 g/mol. The average Bonchev–Trinajstić information content (AvgIpc) is 2.08. The van der Waals surface area contributed by atoms with E-state index in [4.69, 9.17) is 4.74 Å². The molecule has 1 aromatic rings. The Balaban J connectivity index is 2.43. The zero-order valence-electron chi connectivity index (χ0n) is 7.73. The number of fused-ring (bicyclic) bond motifs is 1. The minimum Gasteiger partial charge on any atom is -0.487 e. The highest BCUT2D eigenvalue weighted by molar-refractivity contribution is 9.10. The van der Waals surface area contributed by atoms with Gasteiger partial charge >= 0.3 is 0 Å². The van der Waals surface area contributed by atoms with Gasteiger partial charge in [-0.15, -0.1) is 0 Å². The van der Waals surface area contributed by atoms with Gasteiger partial charge in [-0.3, -0.25) is 0 Å². The second-order valence-corrected chi connectivity index (χ2v) is 4.26. The van der Waals surface area contributed by atoms with Crippen LogP contribution in [0, 0.1) is 6.92 Å². The SMILES string of the molecule is Cc1cc2c(cc1Br)NC[C@@H](C)O2. The fourth-order valence-electron chi connectivity index (χ4n) is 1.40. The highest BCUT2D eigenvalue weighted by Gasteiger charge is 2.15. The van der Waals surface area contributed by atoms with Gasteiger partial charge in [-0.2, -0.15) is 0 Å². The van der Waals surface area contributed by atoms with E-state index in [1.807, 2.05) is 0 Å². The molecule has 0 unspecified atom stereocenters. The molecule has 70 valence electrons. The number of anilines is 1. The molecule has 1 N–H and O–H groups in total. The highest BCUT2D eigenvalue weighted by atomic mass is 79.9. The maximum Gasteiger partial charge on any atom is 0.143 e. The van der Waals surface area contributed by atoms with E-state index in [-0.39, 0.29) is 6.10 Å². The van der Waals surface area contributed by atoms with Crippen LogP contribution in [-0.4, -0.2) is 12.6 Å². The molecule has 2 rings (SSSR count). The number of halogens is 1. The first kappa shape index (κ1) is 8.88. The van der Waals surface area contributed by atoms with Crippen LogP contribution in [0.15, 0.2) is 16.6 Å². The fraction of sp³-hybridized carbons (Fsp3) is 0.400. The number of ether oxygens (including phenoxy) is 1. The van der Waals surface area contributed by atoms with Crippen molar-refractivity contribution in [3.8, 4) is 5.75 Å². The quantitative estimate of drug-likeness (QED) is 0.755. The maximum atomic E-state index is 5.68. The highest BCUT2D eigenvalue weighted by Crippen LogP contribution is 2.33. The van der Waals surface area contributed by atoms with Crippen molar-refractivity contribution in [2.45, 2.75) is 20.0 Å². The van der Waals surface area contributed by atoms with Crippen molar-refractivity contribution in [3.63, 3.8) is 0 Å². The minimum absolute atomic E-state index is 0.257. The van der Waals surface area contributed by atoms with Crippen molar-refractivity contribution < 1.29 is 4.74 Å². The van der Waals surface area contributed by atoms with Gasteiger partial charge in [0, 0.05) is 4.47 Å². The van der Waals surface area contributed by atoms with E-state index in [0.29, 0.717) is 0 Å². The normalized spacial score (nSPS) is 20.1. The molecular formula is C10H12BrNO. The van der Waals surface area contributed by atoms with Gasteiger partial charge in [0.15, 0.2) is 0 Å². The standard InChI is InChI=1S/C10H12BrNO/c1-6-3-10-9(4-8(6)11)12-5-7(2)13-10/h3-4,7,12H,5H2,1-2H3/t7-/m1/s1. The average molecular weight is 242 g/mol. The van der Waals surface area contributed by atoms with Gasteiger partial charge in [0.05, 0.1) is 12.2 Å². The predicted octanol–water partition coefficient (Wildman–Crippen LogP) is 2.95. The molecule has 1 atom stereocenters. The Labute approximate surface area is 86.4 Å². The van der Waals surface area contributed by atoms with Gasteiger partial charge in [-0.05, 0) is 31.5 Å². The first-order chi connectivity index (χ1) is 6.16. The Morgan fingerprint density at radius 1 is 1.54 bits per heavy atom. The zero-order valence-corrected chi connectivity index (χ0v) is 9.31. The van der Waals surface area contributed by atoms with Gasteiger partial charge in [0.25, 0.3) is 0 Å². The third kappa shape index (κ3) is 1.66. The van der Waals surface area contributed by atoms with Crippen LogP contribution in [-0.2, 0) is 0 Å².